The van der Waals surface area contributed by atoms with E-state index in [9.17, 15) is 8.42 Å². The first-order chi connectivity index (χ1) is 10.5. The number of nitrogens with zero attached hydrogens (tertiary/aromatic N) is 4. The van der Waals surface area contributed by atoms with E-state index >= 15 is 0 Å². The highest BCUT2D eigenvalue weighted by atomic mass is 32.2. The van der Waals surface area contributed by atoms with Crippen molar-refractivity contribution in [1.82, 2.24) is 24.5 Å². The minimum absolute atomic E-state index is 0.133. The number of fused-ring (bicyclic) bond motifs is 3. The van der Waals surface area contributed by atoms with Crippen molar-refractivity contribution < 1.29 is 8.42 Å². The average Bonchev–Trinajstić information content (AvgIpc) is 3.15. The molecule has 1 unspecified atom stereocenters. The molecule has 1 atom stereocenters. The highest BCUT2D eigenvalue weighted by Crippen LogP contribution is 2.34. The molecule has 1 aliphatic rings. The summed E-state index contributed by atoms with van der Waals surface area (Å²) in [7, 11) is -3.15. The number of hydrogen-bond acceptors (Lipinski definition) is 5. The van der Waals surface area contributed by atoms with Crippen molar-refractivity contribution in [2.24, 2.45) is 0 Å². The van der Waals surface area contributed by atoms with Gasteiger partial charge in [-0.1, -0.05) is 0 Å². The van der Waals surface area contributed by atoms with E-state index in [1.807, 2.05) is 18.5 Å². The molecular formula is C14H15N5O2S. The van der Waals surface area contributed by atoms with Gasteiger partial charge in [0.05, 0.1) is 12.5 Å². The van der Waals surface area contributed by atoms with Crippen molar-refractivity contribution in [3.8, 4) is 0 Å². The fraction of sp³-hybridized carbons (Fsp3) is 0.357. The summed E-state index contributed by atoms with van der Waals surface area (Å²) in [5.74, 6) is 0.133. The highest BCUT2D eigenvalue weighted by molar-refractivity contribution is 7.88. The number of pyridine rings is 1. The van der Waals surface area contributed by atoms with Gasteiger partial charge in [-0.25, -0.2) is 12.7 Å². The Morgan fingerprint density at radius 3 is 2.95 bits per heavy atom. The van der Waals surface area contributed by atoms with E-state index in [2.05, 4.69) is 20.2 Å². The lowest BCUT2D eigenvalue weighted by atomic mass is 9.95. The largest absolute Gasteiger partial charge is 0.345 e. The number of hydrogen-bond donors (Lipinski definition) is 1. The van der Waals surface area contributed by atoms with E-state index in [4.69, 9.17) is 0 Å². The van der Waals surface area contributed by atoms with E-state index in [-0.39, 0.29) is 5.92 Å². The fourth-order valence-corrected chi connectivity index (χ4v) is 4.06. The molecule has 0 aromatic carbocycles. The molecule has 1 saturated heterocycles. The summed E-state index contributed by atoms with van der Waals surface area (Å²) in [4.78, 5) is 7.32. The van der Waals surface area contributed by atoms with Crippen LogP contribution in [0, 0.1) is 0 Å². The van der Waals surface area contributed by atoms with E-state index in [0.717, 1.165) is 33.9 Å². The Morgan fingerprint density at radius 2 is 2.18 bits per heavy atom. The Balaban J connectivity index is 1.87. The van der Waals surface area contributed by atoms with Crippen molar-refractivity contribution in [3.05, 3.63) is 30.2 Å². The number of aromatic amines is 1. The molecule has 4 rings (SSSR count). The van der Waals surface area contributed by atoms with Gasteiger partial charge in [0, 0.05) is 42.2 Å². The van der Waals surface area contributed by atoms with Crippen LogP contribution in [0.2, 0.25) is 0 Å². The third-order valence-electron chi connectivity index (χ3n) is 4.27. The van der Waals surface area contributed by atoms with Gasteiger partial charge in [0.25, 0.3) is 0 Å². The second kappa shape index (κ2) is 4.72. The van der Waals surface area contributed by atoms with Crippen molar-refractivity contribution in [2.45, 2.75) is 12.3 Å². The monoisotopic (exact) mass is 317 g/mol. The molecule has 4 heterocycles. The van der Waals surface area contributed by atoms with Gasteiger partial charge >= 0.3 is 0 Å². The molecule has 0 spiro atoms. The van der Waals surface area contributed by atoms with Gasteiger partial charge in [0.1, 0.15) is 5.52 Å². The fourth-order valence-electron chi connectivity index (χ4n) is 3.18. The van der Waals surface area contributed by atoms with Crippen LogP contribution in [0.1, 0.15) is 17.9 Å². The van der Waals surface area contributed by atoms with Crippen LogP contribution < -0.4 is 0 Å². The van der Waals surface area contributed by atoms with Crippen molar-refractivity contribution in [3.63, 3.8) is 0 Å². The first-order valence-electron chi connectivity index (χ1n) is 7.06. The predicted molar refractivity (Wildman–Crippen MR) is 83.0 cm³/mol. The van der Waals surface area contributed by atoms with Crippen LogP contribution >= 0.6 is 0 Å². The normalized spacial score (nSPS) is 20.1. The molecule has 1 aliphatic heterocycles. The zero-order valence-electron chi connectivity index (χ0n) is 12.0. The summed E-state index contributed by atoms with van der Waals surface area (Å²) in [6.07, 6.45) is 7.41. The van der Waals surface area contributed by atoms with Gasteiger partial charge in [-0.05, 0) is 18.1 Å². The second-order valence-corrected chi connectivity index (χ2v) is 7.65. The maximum Gasteiger partial charge on any atom is 0.211 e. The van der Waals surface area contributed by atoms with E-state index in [1.165, 1.54) is 10.6 Å². The SMILES string of the molecule is CS(=O)(=O)N1CCC(c2cncc3nnc4[nH]ccc4c23)C1. The van der Waals surface area contributed by atoms with Gasteiger partial charge < -0.3 is 4.98 Å². The molecule has 8 heteroatoms. The quantitative estimate of drug-likeness (QED) is 0.768. The van der Waals surface area contributed by atoms with Gasteiger partial charge in [0.2, 0.25) is 10.0 Å². The van der Waals surface area contributed by atoms with Crippen molar-refractivity contribution >= 4 is 32.0 Å². The molecule has 0 aliphatic carbocycles. The molecule has 1 fully saturated rings. The molecule has 0 bridgehead atoms. The topological polar surface area (TPSA) is 91.8 Å². The van der Waals surface area contributed by atoms with Crippen LogP contribution in [0.15, 0.2) is 24.7 Å². The van der Waals surface area contributed by atoms with E-state index in [1.54, 1.807) is 6.20 Å². The van der Waals surface area contributed by atoms with Gasteiger partial charge in [-0.2, -0.15) is 0 Å². The van der Waals surface area contributed by atoms with Crippen molar-refractivity contribution in [2.75, 3.05) is 19.3 Å². The van der Waals surface area contributed by atoms with Gasteiger partial charge in [-0.15, -0.1) is 10.2 Å². The second-order valence-electron chi connectivity index (χ2n) is 5.67. The van der Waals surface area contributed by atoms with E-state index < -0.39 is 10.0 Å². The first kappa shape index (κ1) is 13.6. The molecule has 114 valence electrons. The molecule has 7 nitrogen and oxygen atoms in total. The lowest BCUT2D eigenvalue weighted by molar-refractivity contribution is 0.478. The zero-order valence-corrected chi connectivity index (χ0v) is 12.8. The Labute approximate surface area is 127 Å². The van der Waals surface area contributed by atoms with Crippen LogP contribution in [-0.2, 0) is 10.0 Å². The Kier molecular flexibility index (Phi) is 2.92. The average molecular weight is 317 g/mol. The van der Waals surface area contributed by atoms with Crippen LogP contribution in [0.25, 0.3) is 21.9 Å². The number of sulfonamides is 1. The molecule has 22 heavy (non-hydrogen) atoms. The summed E-state index contributed by atoms with van der Waals surface area (Å²) >= 11 is 0. The van der Waals surface area contributed by atoms with Crippen LogP contribution in [0.3, 0.4) is 0 Å². The van der Waals surface area contributed by atoms with Crippen LogP contribution in [0.5, 0.6) is 0 Å². The van der Waals surface area contributed by atoms with Crippen LogP contribution in [-0.4, -0.2) is 52.2 Å². The molecule has 0 amide bonds. The van der Waals surface area contributed by atoms with E-state index in [0.29, 0.717) is 13.1 Å². The van der Waals surface area contributed by atoms with Crippen LogP contribution in [0.4, 0.5) is 0 Å². The van der Waals surface area contributed by atoms with Gasteiger partial charge in [-0.3, -0.25) is 4.98 Å². The minimum Gasteiger partial charge on any atom is -0.345 e. The Morgan fingerprint density at radius 1 is 1.32 bits per heavy atom. The zero-order chi connectivity index (χ0) is 15.3. The summed E-state index contributed by atoms with van der Waals surface area (Å²) < 4.78 is 25.0. The summed E-state index contributed by atoms with van der Waals surface area (Å²) in [5.41, 5.74) is 2.52. The third-order valence-corrected chi connectivity index (χ3v) is 5.54. The smallest absolute Gasteiger partial charge is 0.211 e. The molecule has 0 saturated carbocycles. The minimum atomic E-state index is -3.15. The summed E-state index contributed by atoms with van der Waals surface area (Å²) in [6.45, 7) is 1.04. The molecule has 3 aromatic rings. The van der Waals surface area contributed by atoms with Gasteiger partial charge in [0.15, 0.2) is 5.65 Å². The number of rotatable bonds is 2. The lowest BCUT2D eigenvalue weighted by Gasteiger charge is -2.15. The maximum atomic E-state index is 11.7. The lowest BCUT2D eigenvalue weighted by Crippen LogP contribution is -2.27. The highest BCUT2D eigenvalue weighted by Gasteiger charge is 2.31. The predicted octanol–water partition coefficient (Wildman–Crippen LogP) is 1.25. The summed E-state index contributed by atoms with van der Waals surface area (Å²) in [6, 6.07) is 1.97. The Hall–Kier alpha value is -2.06. The summed E-state index contributed by atoms with van der Waals surface area (Å²) in [5, 5.41) is 10.4. The number of nitrogens with one attached hydrogen (secondary N) is 1. The number of H-pyrrole nitrogens is 1. The maximum absolute atomic E-state index is 11.7. The standard InChI is InChI=1S/C14H15N5O2S/c1-22(20,21)19-5-3-9(8-19)11-6-15-7-12-13(11)10-2-4-16-14(10)18-17-12/h2,4,6-7,9H,3,5,8H2,1H3,(H,16,18). The molecular weight excluding hydrogens is 302 g/mol. The molecule has 3 aromatic heterocycles. The molecule has 0 radical (unpaired) electrons. The third kappa shape index (κ3) is 2.06. The Bertz CT molecular complexity index is 966. The van der Waals surface area contributed by atoms with Crippen molar-refractivity contribution in [1.29, 1.82) is 0 Å². The molecule has 1 N–H and O–H groups in total. The number of aromatic nitrogens is 4. The first-order valence-corrected chi connectivity index (χ1v) is 8.91.